The average molecular weight is 341 g/mol. The molecule has 0 aromatic heterocycles. The molecule has 1 N–H and O–H groups in total. The molecule has 2 heterocycles. The molecule has 0 amide bonds. The Labute approximate surface area is 149 Å². The third kappa shape index (κ3) is 1.92. The zero-order valence-electron chi connectivity index (χ0n) is 15.5. The second-order valence-corrected chi connectivity index (χ2v) is 9.15. The molecular formula is C21H27NO3. The van der Waals surface area contributed by atoms with Crippen LogP contribution in [0.4, 0.5) is 0 Å². The highest BCUT2D eigenvalue weighted by molar-refractivity contribution is 5.61. The standard InChI is InChI=1S/C21H27NO3/c1-20(2,3)25-16-8-6-13-14-11-12-5-7-15(23)18-17(12)21(13,19(16)24-18)9-10-22(14)4/h5,7-8,13-14,19,23H,6,9-11H2,1-4H3/t13-,14+,19?,21?/m0/s1. The first-order chi connectivity index (χ1) is 11.8. The van der Waals surface area contributed by atoms with Crippen LogP contribution in [-0.4, -0.2) is 41.3 Å². The number of ether oxygens (including phenoxy) is 2. The topological polar surface area (TPSA) is 41.9 Å². The van der Waals surface area contributed by atoms with Crippen LogP contribution in [0, 0.1) is 5.92 Å². The SMILES string of the molecule is CN1CCC23c4c5ccc(O)c4OC2C(OC(C)(C)C)=CC[C@H]3[C@H]1C5. The van der Waals surface area contributed by atoms with Gasteiger partial charge in [0.25, 0.3) is 0 Å². The van der Waals surface area contributed by atoms with E-state index >= 15 is 0 Å². The Morgan fingerprint density at radius 2 is 2.12 bits per heavy atom. The van der Waals surface area contributed by atoms with Gasteiger partial charge in [-0.15, -0.1) is 0 Å². The van der Waals surface area contributed by atoms with Gasteiger partial charge in [-0.3, -0.25) is 0 Å². The van der Waals surface area contributed by atoms with Gasteiger partial charge in [0, 0.05) is 17.0 Å². The summed E-state index contributed by atoms with van der Waals surface area (Å²) in [6.45, 7) is 7.32. The molecule has 0 radical (unpaired) electrons. The fourth-order valence-electron chi connectivity index (χ4n) is 5.77. The summed E-state index contributed by atoms with van der Waals surface area (Å²) in [5, 5.41) is 10.5. The second kappa shape index (κ2) is 4.73. The summed E-state index contributed by atoms with van der Waals surface area (Å²) in [5.74, 6) is 2.46. The lowest BCUT2D eigenvalue weighted by atomic mass is 9.53. The van der Waals surface area contributed by atoms with Crippen molar-refractivity contribution in [2.24, 2.45) is 5.92 Å². The number of rotatable bonds is 1. The number of aromatic hydroxyl groups is 1. The summed E-state index contributed by atoms with van der Waals surface area (Å²) >= 11 is 0. The van der Waals surface area contributed by atoms with Crippen molar-refractivity contribution < 1.29 is 14.6 Å². The van der Waals surface area contributed by atoms with E-state index in [2.05, 4.69) is 44.9 Å². The highest BCUT2D eigenvalue weighted by Gasteiger charge is 2.64. The van der Waals surface area contributed by atoms with Crippen LogP contribution in [0.3, 0.4) is 0 Å². The van der Waals surface area contributed by atoms with Gasteiger partial charge in [0.2, 0.25) is 0 Å². The third-order valence-electron chi connectivity index (χ3n) is 6.65. The molecule has 1 aromatic rings. The number of nitrogens with zero attached hydrogens (tertiary/aromatic N) is 1. The van der Waals surface area contributed by atoms with Crippen LogP contribution >= 0.6 is 0 Å². The lowest BCUT2D eigenvalue weighted by Gasteiger charge is -2.57. The zero-order chi connectivity index (χ0) is 17.6. The Morgan fingerprint density at radius 3 is 2.88 bits per heavy atom. The van der Waals surface area contributed by atoms with Crippen molar-refractivity contribution in [1.82, 2.24) is 4.90 Å². The summed E-state index contributed by atoms with van der Waals surface area (Å²) in [4.78, 5) is 2.52. The molecule has 25 heavy (non-hydrogen) atoms. The van der Waals surface area contributed by atoms with Gasteiger partial charge in [-0.05, 0) is 77.2 Å². The van der Waals surface area contributed by atoms with Crippen molar-refractivity contribution in [1.29, 1.82) is 0 Å². The zero-order valence-corrected chi connectivity index (χ0v) is 15.5. The van der Waals surface area contributed by atoms with Gasteiger partial charge in [-0.25, -0.2) is 0 Å². The van der Waals surface area contributed by atoms with E-state index in [4.69, 9.17) is 9.47 Å². The number of benzene rings is 1. The average Bonchev–Trinajstić information content (AvgIpc) is 2.88. The predicted molar refractivity (Wildman–Crippen MR) is 96.0 cm³/mol. The van der Waals surface area contributed by atoms with Gasteiger partial charge < -0.3 is 19.5 Å². The maximum Gasteiger partial charge on any atom is 0.166 e. The normalized spacial score (nSPS) is 35.7. The maximum absolute atomic E-state index is 10.5. The largest absolute Gasteiger partial charge is 0.504 e. The van der Waals surface area contributed by atoms with Crippen LogP contribution in [0.25, 0.3) is 0 Å². The number of phenolic OH excluding ortho intramolecular Hbond substituents is 1. The summed E-state index contributed by atoms with van der Waals surface area (Å²) in [6, 6.07) is 4.44. The summed E-state index contributed by atoms with van der Waals surface area (Å²) in [5.41, 5.74) is 2.32. The van der Waals surface area contributed by atoms with Gasteiger partial charge in [-0.2, -0.15) is 0 Å². The minimum atomic E-state index is -0.252. The fraction of sp³-hybridized carbons (Fsp3) is 0.619. The minimum absolute atomic E-state index is 0.0475. The van der Waals surface area contributed by atoms with Crippen molar-refractivity contribution in [2.45, 2.75) is 63.2 Å². The first kappa shape index (κ1) is 15.6. The van der Waals surface area contributed by atoms with E-state index in [1.54, 1.807) is 6.07 Å². The Hall–Kier alpha value is -1.68. The molecule has 2 aliphatic carbocycles. The van der Waals surface area contributed by atoms with Gasteiger partial charge in [0.05, 0.1) is 0 Å². The highest BCUT2D eigenvalue weighted by atomic mass is 16.6. The number of allylic oxidation sites excluding steroid dienone is 1. The molecule has 2 bridgehead atoms. The molecule has 4 atom stereocenters. The molecule has 2 aliphatic heterocycles. The Bertz CT molecular complexity index is 778. The monoisotopic (exact) mass is 341 g/mol. The number of hydrogen-bond donors (Lipinski definition) is 1. The molecular weight excluding hydrogens is 314 g/mol. The number of hydrogen-bond acceptors (Lipinski definition) is 4. The lowest BCUT2D eigenvalue weighted by molar-refractivity contribution is -0.0548. The van der Waals surface area contributed by atoms with Crippen LogP contribution < -0.4 is 4.74 Å². The smallest absolute Gasteiger partial charge is 0.166 e. The van der Waals surface area contributed by atoms with Crippen LogP contribution in [0.15, 0.2) is 24.0 Å². The minimum Gasteiger partial charge on any atom is -0.504 e. The predicted octanol–water partition coefficient (Wildman–Crippen LogP) is 3.37. The first-order valence-corrected chi connectivity index (χ1v) is 9.42. The molecule has 4 heteroatoms. The molecule has 4 nitrogen and oxygen atoms in total. The van der Waals surface area contributed by atoms with Gasteiger partial charge in [-0.1, -0.05) is 6.07 Å². The Balaban J connectivity index is 1.72. The Morgan fingerprint density at radius 1 is 1.32 bits per heavy atom. The van der Waals surface area contributed by atoms with E-state index in [0.29, 0.717) is 17.7 Å². The molecule has 134 valence electrons. The third-order valence-corrected chi connectivity index (χ3v) is 6.65. The van der Waals surface area contributed by atoms with Gasteiger partial charge in [0.15, 0.2) is 17.6 Å². The maximum atomic E-state index is 10.5. The molecule has 4 aliphatic rings. The molecule has 1 saturated heterocycles. The van der Waals surface area contributed by atoms with Crippen LogP contribution in [0.2, 0.25) is 0 Å². The summed E-state index contributed by atoms with van der Waals surface area (Å²) in [7, 11) is 2.25. The van der Waals surface area contributed by atoms with Crippen molar-refractivity contribution in [3.05, 3.63) is 35.1 Å². The molecule has 0 saturated carbocycles. The summed E-state index contributed by atoms with van der Waals surface area (Å²) < 4.78 is 12.8. The van der Waals surface area contributed by atoms with Gasteiger partial charge in [0.1, 0.15) is 11.4 Å². The van der Waals surface area contributed by atoms with Crippen LogP contribution in [0.1, 0.15) is 44.7 Å². The molecule has 1 fully saturated rings. The van der Waals surface area contributed by atoms with Crippen molar-refractivity contribution in [3.8, 4) is 11.5 Å². The lowest BCUT2D eigenvalue weighted by Crippen LogP contribution is -2.63. The fourth-order valence-corrected chi connectivity index (χ4v) is 5.77. The number of piperidine rings is 1. The quantitative estimate of drug-likeness (QED) is 0.850. The van der Waals surface area contributed by atoms with Crippen molar-refractivity contribution in [2.75, 3.05) is 13.6 Å². The van der Waals surface area contributed by atoms with E-state index in [-0.39, 0.29) is 22.9 Å². The van der Waals surface area contributed by atoms with E-state index in [1.807, 2.05) is 0 Å². The van der Waals surface area contributed by atoms with Crippen molar-refractivity contribution >= 4 is 0 Å². The van der Waals surface area contributed by atoms with E-state index in [1.165, 1.54) is 11.1 Å². The number of likely N-dealkylation sites (tertiary alicyclic amines) is 1. The molecule has 5 rings (SSSR count). The molecule has 1 aromatic carbocycles. The highest BCUT2D eigenvalue weighted by Crippen LogP contribution is 2.63. The van der Waals surface area contributed by atoms with E-state index < -0.39 is 0 Å². The number of phenols is 1. The van der Waals surface area contributed by atoms with Gasteiger partial charge >= 0.3 is 0 Å². The van der Waals surface area contributed by atoms with E-state index in [0.717, 1.165) is 31.6 Å². The molecule has 1 spiro atoms. The second-order valence-electron chi connectivity index (χ2n) is 9.15. The van der Waals surface area contributed by atoms with E-state index in [9.17, 15) is 5.11 Å². The Kier molecular flexibility index (Phi) is 2.94. The van der Waals surface area contributed by atoms with Crippen LogP contribution in [-0.2, 0) is 16.6 Å². The summed E-state index contributed by atoms with van der Waals surface area (Å²) in [6.07, 6.45) is 5.27. The number of likely N-dealkylation sites (N-methyl/N-ethyl adjacent to an activating group) is 1. The van der Waals surface area contributed by atoms with Crippen LogP contribution in [0.5, 0.6) is 11.5 Å². The molecule has 2 unspecified atom stereocenters. The first-order valence-electron chi connectivity index (χ1n) is 9.42. The van der Waals surface area contributed by atoms with Crippen molar-refractivity contribution in [3.63, 3.8) is 0 Å².